The minimum absolute atomic E-state index is 0.518. The van der Waals surface area contributed by atoms with Gasteiger partial charge in [-0.1, -0.05) is 47.3 Å². The Hall–Kier alpha value is -2.15. The second-order valence-corrected chi connectivity index (χ2v) is 6.86. The summed E-state index contributed by atoms with van der Waals surface area (Å²) in [5, 5.41) is 13.7. The first-order valence-electron chi connectivity index (χ1n) is 8.24. The molecule has 1 aliphatic rings. The molecule has 0 atom stereocenters. The summed E-state index contributed by atoms with van der Waals surface area (Å²) in [6.07, 6.45) is 3.15. The van der Waals surface area contributed by atoms with E-state index in [1.165, 1.54) is 18.4 Å². The predicted molar refractivity (Wildman–Crippen MR) is 90.8 cm³/mol. The third-order valence-electron chi connectivity index (χ3n) is 4.07. The summed E-state index contributed by atoms with van der Waals surface area (Å²) in [5.74, 6) is 3.65. The van der Waals surface area contributed by atoms with Gasteiger partial charge >= 0.3 is 0 Å². The molecule has 3 aromatic rings. The van der Waals surface area contributed by atoms with E-state index >= 15 is 0 Å². The van der Waals surface area contributed by atoms with E-state index in [0.29, 0.717) is 17.6 Å². The maximum Gasteiger partial charge on any atom is 0.237 e. The molecule has 1 aromatic carbocycles. The van der Waals surface area contributed by atoms with Crippen molar-refractivity contribution in [3.05, 3.63) is 53.4 Å². The number of rotatable bonds is 7. The Morgan fingerprint density at radius 1 is 1.21 bits per heavy atom. The first kappa shape index (κ1) is 15.4. The van der Waals surface area contributed by atoms with E-state index in [1.807, 2.05) is 18.2 Å². The third-order valence-corrected chi connectivity index (χ3v) is 5.02. The summed E-state index contributed by atoms with van der Waals surface area (Å²) in [7, 11) is 0. The number of hydrogen-bond donors (Lipinski definition) is 0. The van der Waals surface area contributed by atoms with E-state index in [-0.39, 0.29) is 0 Å². The third kappa shape index (κ3) is 3.36. The minimum atomic E-state index is 0.518. The van der Waals surface area contributed by atoms with Crippen LogP contribution in [0.2, 0.25) is 0 Å². The lowest BCUT2D eigenvalue weighted by atomic mass is 10.1. The smallest absolute Gasteiger partial charge is 0.237 e. The van der Waals surface area contributed by atoms with Crippen LogP contribution in [0.4, 0.5) is 0 Å². The lowest BCUT2D eigenvalue weighted by Gasteiger charge is -2.06. The van der Waals surface area contributed by atoms with Crippen LogP contribution in [0.15, 0.2) is 40.0 Å². The van der Waals surface area contributed by atoms with E-state index in [1.54, 1.807) is 11.8 Å². The number of benzene rings is 1. The molecule has 0 saturated heterocycles. The van der Waals surface area contributed by atoms with Crippen LogP contribution >= 0.6 is 11.8 Å². The Kier molecular flexibility index (Phi) is 4.34. The van der Waals surface area contributed by atoms with E-state index in [4.69, 9.17) is 4.52 Å². The molecule has 0 spiro atoms. The van der Waals surface area contributed by atoms with Gasteiger partial charge in [-0.05, 0) is 25.3 Å². The molecule has 7 heteroatoms. The zero-order chi connectivity index (χ0) is 16.4. The van der Waals surface area contributed by atoms with Gasteiger partial charge in [0.15, 0.2) is 11.0 Å². The Balaban J connectivity index is 1.44. The highest BCUT2D eigenvalue weighted by Gasteiger charge is 2.28. The van der Waals surface area contributed by atoms with E-state index in [0.717, 1.165) is 29.8 Å². The Bertz CT molecular complexity index is 810. The van der Waals surface area contributed by atoms with Crippen molar-refractivity contribution >= 4 is 11.8 Å². The molecular formula is C17H19N5OS. The van der Waals surface area contributed by atoms with Gasteiger partial charge in [0.1, 0.15) is 5.82 Å². The van der Waals surface area contributed by atoms with Crippen LogP contribution in [0.5, 0.6) is 0 Å². The molecule has 1 fully saturated rings. The largest absolute Gasteiger partial charge is 0.338 e. The van der Waals surface area contributed by atoms with Crippen molar-refractivity contribution in [3.8, 4) is 0 Å². The molecule has 6 nitrogen and oxygen atoms in total. The number of thioether (sulfide) groups is 1. The summed E-state index contributed by atoms with van der Waals surface area (Å²) in [4.78, 5) is 4.46. The number of aromatic nitrogens is 5. The Morgan fingerprint density at radius 2 is 2.04 bits per heavy atom. The first-order chi connectivity index (χ1) is 11.8. The topological polar surface area (TPSA) is 69.6 Å². The second kappa shape index (κ2) is 6.76. The number of nitrogens with zero attached hydrogens (tertiary/aromatic N) is 5. The normalized spacial score (nSPS) is 14.2. The quantitative estimate of drug-likeness (QED) is 0.613. The van der Waals surface area contributed by atoms with Crippen molar-refractivity contribution in [1.29, 1.82) is 0 Å². The van der Waals surface area contributed by atoms with Crippen LogP contribution in [-0.2, 0) is 18.7 Å². The zero-order valence-electron chi connectivity index (χ0n) is 13.6. The van der Waals surface area contributed by atoms with Gasteiger partial charge in [-0.15, -0.1) is 10.2 Å². The summed E-state index contributed by atoms with van der Waals surface area (Å²) in [6, 6.07) is 10.3. The average molecular weight is 341 g/mol. The molecule has 0 radical (unpaired) electrons. The van der Waals surface area contributed by atoms with Crippen molar-refractivity contribution in [2.24, 2.45) is 0 Å². The molecule has 24 heavy (non-hydrogen) atoms. The van der Waals surface area contributed by atoms with Crippen molar-refractivity contribution in [2.45, 2.75) is 49.6 Å². The summed E-state index contributed by atoms with van der Waals surface area (Å²) in [5.41, 5.74) is 1.24. The van der Waals surface area contributed by atoms with Crippen molar-refractivity contribution in [2.75, 3.05) is 0 Å². The van der Waals surface area contributed by atoms with E-state index in [2.05, 4.69) is 44.0 Å². The van der Waals surface area contributed by atoms with Crippen LogP contribution < -0.4 is 0 Å². The zero-order valence-corrected chi connectivity index (χ0v) is 14.4. The first-order valence-corrected chi connectivity index (χ1v) is 9.23. The molecule has 0 aliphatic heterocycles. The Labute approximate surface area is 144 Å². The molecule has 2 aromatic heterocycles. The van der Waals surface area contributed by atoms with Gasteiger partial charge < -0.3 is 9.09 Å². The van der Waals surface area contributed by atoms with Crippen molar-refractivity contribution < 1.29 is 4.52 Å². The highest BCUT2D eigenvalue weighted by Crippen LogP contribution is 2.38. The second-order valence-electron chi connectivity index (χ2n) is 5.91. The monoisotopic (exact) mass is 341 g/mol. The molecule has 1 saturated carbocycles. The molecule has 124 valence electrons. The molecule has 0 amide bonds. The lowest BCUT2D eigenvalue weighted by molar-refractivity contribution is 0.385. The van der Waals surface area contributed by atoms with Crippen LogP contribution in [0, 0.1) is 0 Å². The predicted octanol–water partition coefficient (Wildman–Crippen LogP) is 3.44. The fourth-order valence-electron chi connectivity index (χ4n) is 2.61. The molecule has 2 heterocycles. The maximum atomic E-state index is 5.32. The van der Waals surface area contributed by atoms with E-state index in [9.17, 15) is 0 Å². The minimum Gasteiger partial charge on any atom is -0.338 e. The van der Waals surface area contributed by atoms with Crippen LogP contribution in [-0.4, -0.2) is 24.9 Å². The molecule has 0 N–H and O–H groups in total. The SMILES string of the molecule is CCn1c(Cc2ccccc2)nnc1SCc1nc(C2CC2)no1. The molecular weight excluding hydrogens is 322 g/mol. The highest BCUT2D eigenvalue weighted by molar-refractivity contribution is 7.98. The molecule has 1 aliphatic carbocycles. The van der Waals surface area contributed by atoms with Gasteiger partial charge in [-0.25, -0.2) is 0 Å². The number of hydrogen-bond acceptors (Lipinski definition) is 6. The molecule has 0 unspecified atom stereocenters. The van der Waals surface area contributed by atoms with Crippen LogP contribution in [0.3, 0.4) is 0 Å². The van der Waals surface area contributed by atoms with Gasteiger partial charge in [0.2, 0.25) is 5.89 Å². The van der Waals surface area contributed by atoms with E-state index < -0.39 is 0 Å². The maximum absolute atomic E-state index is 5.32. The summed E-state index contributed by atoms with van der Waals surface area (Å²) in [6.45, 7) is 2.95. The van der Waals surface area contributed by atoms with Crippen LogP contribution in [0.1, 0.15) is 48.8 Å². The average Bonchev–Trinajstić information content (AvgIpc) is 3.23. The van der Waals surface area contributed by atoms with Crippen molar-refractivity contribution in [1.82, 2.24) is 24.9 Å². The van der Waals surface area contributed by atoms with Gasteiger partial charge in [0.05, 0.1) is 5.75 Å². The molecule has 4 rings (SSSR count). The molecule has 0 bridgehead atoms. The fraction of sp³-hybridized carbons (Fsp3) is 0.412. The Morgan fingerprint density at radius 3 is 2.79 bits per heavy atom. The van der Waals surface area contributed by atoms with Gasteiger partial charge in [-0.2, -0.15) is 4.98 Å². The van der Waals surface area contributed by atoms with Gasteiger partial charge in [0.25, 0.3) is 0 Å². The van der Waals surface area contributed by atoms with Crippen LogP contribution in [0.25, 0.3) is 0 Å². The lowest BCUT2D eigenvalue weighted by Crippen LogP contribution is -2.04. The highest BCUT2D eigenvalue weighted by atomic mass is 32.2. The standard InChI is InChI=1S/C17H19N5OS/c1-2-22-14(10-12-6-4-3-5-7-12)19-20-17(22)24-11-15-18-16(21-23-15)13-8-9-13/h3-7,13H,2,8-11H2,1H3. The summed E-state index contributed by atoms with van der Waals surface area (Å²) >= 11 is 1.59. The van der Waals surface area contributed by atoms with Gasteiger partial charge in [-0.3, -0.25) is 0 Å². The van der Waals surface area contributed by atoms with Crippen molar-refractivity contribution in [3.63, 3.8) is 0 Å². The summed E-state index contributed by atoms with van der Waals surface area (Å²) < 4.78 is 7.47. The van der Waals surface area contributed by atoms with Gasteiger partial charge in [0, 0.05) is 18.9 Å². The fourth-order valence-corrected chi connectivity index (χ4v) is 3.47.